The van der Waals surface area contributed by atoms with Gasteiger partial charge < -0.3 is 0 Å². The van der Waals surface area contributed by atoms with Crippen LogP contribution in [-0.2, 0) is 0 Å². The van der Waals surface area contributed by atoms with Crippen molar-refractivity contribution < 1.29 is 0 Å². The molecule has 0 saturated carbocycles. The van der Waals surface area contributed by atoms with E-state index in [4.69, 9.17) is 19.9 Å². The van der Waals surface area contributed by atoms with E-state index in [1.165, 1.54) is 0 Å². The van der Waals surface area contributed by atoms with Gasteiger partial charge in [0.25, 0.3) is 0 Å². The normalized spacial score (nSPS) is 13.0. The lowest BCUT2D eigenvalue weighted by molar-refractivity contribution is 0.692. The van der Waals surface area contributed by atoms with Gasteiger partial charge in [0.1, 0.15) is 22.7 Å². The summed E-state index contributed by atoms with van der Waals surface area (Å²) < 4.78 is 0. The summed E-state index contributed by atoms with van der Waals surface area (Å²) in [6.45, 7) is 6.28. The average molecular weight is 509 g/mol. The number of rotatable bonds is 3. The number of aromatic nitrogens is 8. The molecule has 188 valence electrons. The van der Waals surface area contributed by atoms with E-state index in [1.54, 1.807) is 0 Å². The first-order valence-electron chi connectivity index (χ1n) is 13.2. The van der Waals surface area contributed by atoms with Gasteiger partial charge in [-0.1, -0.05) is 38.1 Å². The van der Waals surface area contributed by atoms with Crippen LogP contribution in [0, 0.1) is 6.92 Å². The van der Waals surface area contributed by atoms with E-state index >= 15 is 0 Å². The van der Waals surface area contributed by atoms with E-state index in [9.17, 15) is 0 Å². The Morgan fingerprint density at radius 1 is 0.615 bits per heavy atom. The fourth-order valence-electron chi connectivity index (χ4n) is 5.80. The maximum atomic E-state index is 5.00. The predicted molar refractivity (Wildman–Crippen MR) is 156 cm³/mol. The monoisotopic (exact) mass is 508 g/mol. The SMILES string of the molecule is CCC(C)c1nc2c3ccc(-c4ccc5c(c4)c4c[nH]ncc4c4nc(C)nc54)cc3c3c[nH]ncc3c2n1. The number of aromatic amines is 2. The summed E-state index contributed by atoms with van der Waals surface area (Å²) in [7, 11) is 0. The molecule has 0 aliphatic heterocycles. The molecular weight excluding hydrogens is 484 g/mol. The number of imidazole rings is 2. The first kappa shape index (κ1) is 22.0. The lowest BCUT2D eigenvalue weighted by Gasteiger charge is -2.10. The topological polar surface area (TPSA) is 109 Å². The van der Waals surface area contributed by atoms with Crippen molar-refractivity contribution in [1.82, 2.24) is 40.3 Å². The molecule has 4 aromatic carbocycles. The van der Waals surface area contributed by atoms with Crippen molar-refractivity contribution in [2.45, 2.75) is 33.1 Å². The highest BCUT2D eigenvalue weighted by molar-refractivity contribution is 6.25. The molecule has 8 nitrogen and oxygen atoms in total. The van der Waals surface area contributed by atoms with Crippen molar-refractivity contribution in [3.05, 3.63) is 72.8 Å². The third-order valence-corrected chi connectivity index (χ3v) is 8.01. The van der Waals surface area contributed by atoms with Crippen molar-refractivity contribution in [3.8, 4) is 11.1 Å². The molecule has 0 saturated heterocycles. The standard InChI is InChI=1S/C31H24N8/c1-4-15(2)31-38-28-20-8-6-18(10-22(20)24-12-33-35-14-26(24)30(28)39-31)17-5-7-19-21(9-17)23-11-32-34-13-25(23)29-27(19)36-16(3)37-29/h5-15,32-33H,4H2,1-3H3. The number of hydrogen-bond donors (Lipinski definition) is 2. The van der Waals surface area contributed by atoms with Gasteiger partial charge in [0.2, 0.25) is 0 Å². The Morgan fingerprint density at radius 3 is 1.64 bits per heavy atom. The molecule has 1 atom stereocenters. The Bertz CT molecular complexity index is 2260. The largest absolute Gasteiger partial charge is 0.285 e. The Morgan fingerprint density at radius 2 is 1.10 bits per heavy atom. The Kier molecular flexibility index (Phi) is 4.53. The smallest absolute Gasteiger partial charge is 0.132 e. The molecule has 1 unspecified atom stereocenters. The van der Waals surface area contributed by atoms with Gasteiger partial charge in [0.15, 0.2) is 0 Å². The number of hydrogen-bond acceptors (Lipinski definition) is 6. The molecule has 0 radical (unpaired) electrons. The molecule has 8 aromatic rings. The summed E-state index contributed by atoms with van der Waals surface area (Å²) in [5, 5.41) is 23.2. The summed E-state index contributed by atoms with van der Waals surface area (Å²) in [4.78, 5) is 19.4. The van der Waals surface area contributed by atoms with Gasteiger partial charge in [-0.15, -0.1) is 0 Å². The molecule has 4 aromatic heterocycles. The highest BCUT2D eigenvalue weighted by Gasteiger charge is 2.18. The van der Waals surface area contributed by atoms with E-state index in [-0.39, 0.29) is 0 Å². The van der Waals surface area contributed by atoms with Crippen LogP contribution in [0.3, 0.4) is 0 Å². The number of aryl methyl sites for hydroxylation is 1. The minimum Gasteiger partial charge on any atom is -0.285 e. The van der Waals surface area contributed by atoms with Gasteiger partial charge in [-0.25, -0.2) is 19.9 Å². The number of fused-ring (bicyclic) bond motifs is 12. The van der Waals surface area contributed by atoms with Gasteiger partial charge in [0, 0.05) is 50.6 Å². The molecule has 0 aliphatic carbocycles. The number of nitrogens with one attached hydrogen (secondary N) is 2. The zero-order valence-corrected chi connectivity index (χ0v) is 21.7. The highest BCUT2D eigenvalue weighted by Crippen LogP contribution is 2.39. The van der Waals surface area contributed by atoms with Crippen LogP contribution in [0.4, 0.5) is 0 Å². The molecule has 2 N–H and O–H groups in total. The van der Waals surface area contributed by atoms with Crippen LogP contribution in [0.2, 0.25) is 0 Å². The Balaban J connectivity index is 1.41. The fraction of sp³-hybridized carbons (Fsp3) is 0.161. The quantitative estimate of drug-likeness (QED) is 0.246. The van der Waals surface area contributed by atoms with Gasteiger partial charge in [0.05, 0.1) is 23.4 Å². The summed E-state index contributed by atoms with van der Waals surface area (Å²) in [6.07, 6.45) is 8.60. The van der Waals surface area contributed by atoms with E-state index in [2.05, 4.69) is 70.6 Å². The second-order valence-electron chi connectivity index (χ2n) is 10.3. The van der Waals surface area contributed by atoms with Crippen LogP contribution in [-0.4, -0.2) is 40.3 Å². The molecule has 0 amide bonds. The summed E-state index contributed by atoms with van der Waals surface area (Å²) >= 11 is 0. The second-order valence-corrected chi connectivity index (χ2v) is 10.3. The molecule has 0 fully saturated rings. The minimum absolute atomic E-state index is 0.298. The van der Waals surface area contributed by atoms with E-state index in [0.29, 0.717) is 5.92 Å². The fourth-order valence-corrected chi connectivity index (χ4v) is 5.80. The van der Waals surface area contributed by atoms with Crippen LogP contribution in [0.25, 0.3) is 76.3 Å². The molecule has 0 bridgehead atoms. The number of nitrogens with zero attached hydrogens (tertiary/aromatic N) is 6. The molecule has 0 aliphatic rings. The van der Waals surface area contributed by atoms with Crippen LogP contribution in [0.5, 0.6) is 0 Å². The molecule has 4 heterocycles. The zero-order chi connectivity index (χ0) is 26.2. The minimum atomic E-state index is 0.298. The predicted octanol–water partition coefficient (Wildman–Crippen LogP) is 7.12. The van der Waals surface area contributed by atoms with Crippen molar-refractivity contribution in [2.75, 3.05) is 0 Å². The van der Waals surface area contributed by atoms with Crippen molar-refractivity contribution in [1.29, 1.82) is 0 Å². The number of H-pyrrole nitrogens is 2. The Hall–Kier alpha value is -4.98. The molecular formula is C31H24N8. The van der Waals surface area contributed by atoms with Gasteiger partial charge in [-0.3, -0.25) is 10.2 Å². The van der Waals surface area contributed by atoms with E-state index in [0.717, 1.165) is 94.4 Å². The maximum absolute atomic E-state index is 5.00. The lowest BCUT2D eigenvalue weighted by atomic mass is 9.94. The third kappa shape index (κ3) is 3.11. The molecule has 39 heavy (non-hydrogen) atoms. The Labute approximate surface area is 222 Å². The summed E-state index contributed by atoms with van der Waals surface area (Å²) in [5.74, 6) is 1.96. The molecule has 0 spiro atoms. The van der Waals surface area contributed by atoms with Gasteiger partial charge >= 0.3 is 0 Å². The van der Waals surface area contributed by atoms with E-state index in [1.807, 2.05) is 31.7 Å². The molecule has 8 heteroatoms. The maximum Gasteiger partial charge on any atom is 0.132 e. The summed E-state index contributed by atoms with van der Waals surface area (Å²) in [5.41, 5.74) is 5.91. The van der Waals surface area contributed by atoms with Crippen LogP contribution in [0.15, 0.2) is 61.2 Å². The highest BCUT2D eigenvalue weighted by atomic mass is 15.1. The average Bonchev–Trinajstić information content (AvgIpc) is 3.61. The van der Waals surface area contributed by atoms with Crippen molar-refractivity contribution in [3.63, 3.8) is 0 Å². The van der Waals surface area contributed by atoms with E-state index < -0.39 is 0 Å². The van der Waals surface area contributed by atoms with Gasteiger partial charge in [-0.05, 0) is 47.4 Å². The van der Waals surface area contributed by atoms with Gasteiger partial charge in [-0.2, -0.15) is 10.2 Å². The second kappa shape index (κ2) is 8.01. The van der Waals surface area contributed by atoms with Crippen LogP contribution >= 0.6 is 0 Å². The lowest BCUT2D eigenvalue weighted by Crippen LogP contribution is -1.93. The first-order valence-corrected chi connectivity index (χ1v) is 13.2. The molecule has 8 rings (SSSR count). The number of benzene rings is 4. The summed E-state index contributed by atoms with van der Waals surface area (Å²) in [6, 6.07) is 13.2. The van der Waals surface area contributed by atoms with Crippen LogP contribution < -0.4 is 0 Å². The third-order valence-electron chi connectivity index (χ3n) is 8.01. The van der Waals surface area contributed by atoms with Crippen molar-refractivity contribution in [2.24, 2.45) is 0 Å². The van der Waals surface area contributed by atoms with Crippen LogP contribution in [0.1, 0.15) is 37.8 Å². The zero-order valence-electron chi connectivity index (χ0n) is 21.7. The first-order chi connectivity index (χ1) is 19.1. The van der Waals surface area contributed by atoms with Crippen molar-refractivity contribution >= 4 is 65.2 Å².